The van der Waals surface area contributed by atoms with Crippen molar-refractivity contribution in [3.8, 4) is 5.75 Å². The molecule has 1 aromatic carbocycles. The van der Waals surface area contributed by atoms with Crippen LogP contribution in [0.5, 0.6) is 5.75 Å². The number of aliphatic hydroxyl groups excluding tert-OH is 1. The minimum atomic E-state index is -1.56. The number of nitrogens with zero attached hydrogens (tertiary/aromatic N) is 2. The molecule has 1 aliphatic rings. The smallest absolute Gasteiger partial charge is 0.306 e. The molecule has 1 aromatic rings. The molecule has 0 saturated carbocycles. The van der Waals surface area contributed by atoms with E-state index in [0.717, 1.165) is 0 Å². The molecule has 0 spiro atoms. The van der Waals surface area contributed by atoms with Crippen molar-refractivity contribution in [2.24, 2.45) is 51.0 Å². The minimum absolute atomic E-state index is 0.0158. The summed E-state index contributed by atoms with van der Waals surface area (Å²) in [6, 6.07) is -2.63. The number of likely N-dealkylation sites (tertiary alicyclic amines) is 1. The maximum Gasteiger partial charge on any atom is 0.306 e. The van der Waals surface area contributed by atoms with E-state index in [0.29, 0.717) is 57.2 Å². The molecule has 27 heteroatoms. The maximum atomic E-state index is 14.2. The van der Waals surface area contributed by atoms with Crippen LogP contribution in [0.2, 0.25) is 0 Å². The molecule has 2 rings (SSSR count). The Morgan fingerprint density at radius 3 is 1.97 bits per heavy atom. The molecule has 422 valence electrons. The third kappa shape index (κ3) is 23.7. The highest BCUT2D eigenvalue weighted by Gasteiger charge is 2.39. The molecule has 0 radical (unpaired) electrons. The molecule has 9 atom stereocenters. The van der Waals surface area contributed by atoms with Crippen molar-refractivity contribution in [1.82, 2.24) is 36.8 Å². The molecular weight excluding hydrogens is 979 g/mol. The first-order valence-corrected chi connectivity index (χ1v) is 25.6. The van der Waals surface area contributed by atoms with Gasteiger partial charge in [-0.3, -0.25) is 48.1 Å². The van der Waals surface area contributed by atoms with Gasteiger partial charge in [-0.1, -0.05) is 18.6 Å². The number of carbonyl (C=O) groups is 9. The number of aliphatic hydroxyl groups is 1. The zero-order valence-corrected chi connectivity index (χ0v) is 43.0. The third-order valence-electron chi connectivity index (χ3n) is 12.6. The number of carboxylic acid groups (broad SMARTS) is 1. The van der Waals surface area contributed by atoms with E-state index in [2.05, 4.69) is 36.9 Å². The van der Waals surface area contributed by atoms with Crippen molar-refractivity contribution >= 4 is 59.1 Å². The lowest BCUT2D eigenvalue weighted by atomic mass is 9.93. The normalized spacial score (nSPS) is 16.4. The minimum Gasteiger partial charge on any atom is -0.508 e. The van der Waals surface area contributed by atoms with Crippen molar-refractivity contribution in [3.63, 3.8) is 0 Å². The number of hydrogen-bond donors (Lipinski definition) is 16. The Morgan fingerprint density at radius 2 is 1.36 bits per heavy atom. The molecule has 1 fully saturated rings. The Balaban J connectivity index is 2.22. The van der Waals surface area contributed by atoms with E-state index in [9.17, 15) is 58.5 Å². The second-order valence-electron chi connectivity index (χ2n) is 18.6. The number of amides is 7. The number of benzene rings is 1. The fraction of sp³-hybridized carbons (Fsp3) is 0.667. The van der Waals surface area contributed by atoms with E-state index in [1.807, 2.05) is 0 Å². The van der Waals surface area contributed by atoms with Crippen LogP contribution in [0.4, 0.5) is 0 Å². The van der Waals surface area contributed by atoms with Gasteiger partial charge in [0.2, 0.25) is 41.4 Å². The first-order valence-electron chi connectivity index (χ1n) is 25.6. The van der Waals surface area contributed by atoms with Crippen LogP contribution in [-0.4, -0.2) is 173 Å². The zero-order chi connectivity index (χ0) is 56.0. The van der Waals surface area contributed by atoms with E-state index in [1.165, 1.54) is 24.0 Å². The van der Waals surface area contributed by atoms with Gasteiger partial charge in [0.15, 0.2) is 11.7 Å². The van der Waals surface area contributed by atoms with Crippen molar-refractivity contribution in [3.05, 3.63) is 29.8 Å². The molecule has 1 aliphatic heterocycles. The van der Waals surface area contributed by atoms with Crippen LogP contribution in [0, 0.1) is 5.92 Å². The van der Waals surface area contributed by atoms with Gasteiger partial charge in [0.1, 0.15) is 36.0 Å². The highest BCUT2D eigenvalue weighted by molar-refractivity contribution is 5.97. The molecule has 0 aromatic heterocycles. The monoisotopic (exact) mass is 1060 g/mol. The van der Waals surface area contributed by atoms with Gasteiger partial charge < -0.3 is 92.3 Å². The van der Waals surface area contributed by atoms with Gasteiger partial charge in [0.05, 0.1) is 30.7 Å². The van der Waals surface area contributed by atoms with Crippen molar-refractivity contribution in [2.75, 3.05) is 45.8 Å². The number of phenolic OH excluding ortho intramolecular Hbond substituents is 1. The van der Waals surface area contributed by atoms with E-state index >= 15 is 0 Å². The SMILES string of the molecule is C[C@H](NC(=O)[C@@H](NC(=O)[C@@H](N)CCCCN)[C@@H](O)CN)C(=O)NCC(=O)N[C@H](CCCN)C(=O)N1CCC[C@H]1C(=O)NC(Cc1ccc(O)cc1)C(=O)N[C@@H](CCCCN)C(=O)CCC(CCCN=C(N)N)C(=O)O. The molecular formula is C48H83N15O12. The van der Waals surface area contributed by atoms with E-state index in [1.54, 1.807) is 12.1 Å². The summed E-state index contributed by atoms with van der Waals surface area (Å²) in [7, 11) is 0. The number of nitrogens with one attached hydrogen (secondary N) is 6. The summed E-state index contributed by atoms with van der Waals surface area (Å²) in [6.45, 7) is 1.41. The summed E-state index contributed by atoms with van der Waals surface area (Å²) in [5.74, 6) is -7.95. The van der Waals surface area contributed by atoms with Crippen LogP contribution in [0.25, 0.3) is 0 Å². The number of aliphatic imine (C=N–C) groups is 1. The number of carboxylic acids is 1. The third-order valence-corrected chi connectivity index (χ3v) is 12.6. The summed E-state index contributed by atoms with van der Waals surface area (Å²) < 4.78 is 0. The lowest BCUT2D eigenvalue weighted by Gasteiger charge is -2.30. The lowest BCUT2D eigenvalue weighted by Crippen LogP contribution is -2.60. The summed E-state index contributed by atoms with van der Waals surface area (Å²) >= 11 is 0. The number of hydrogen-bond acceptors (Lipinski definition) is 17. The average Bonchev–Trinajstić information content (AvgIpc) is 3.88. The van der Waals surface area contributed by atoms with Crippen LogP contribution in [0.3, 0.4) is 0 Å². The van der Waals surface area contributed by atoms with Gasteiger partial charge >= 0.3 is 5.97 Å². The number of rotatable bonds is 37. The van der Waals surface area contributed by atoms with Crippen LogP contribution < -0.4 is 72.0 Å². The van der Waals surface area contributed by atoms with Gasteiger partial charge in [-0.2, -0.15) is 0 Å². The second kappa shape index (κ2) is 34.9. The fourth-order valence-corrected chi connectivity index (χ4v) is 8.24. The van der Waals surface area contributed by atoms with Crippen LogP contribution in [0.15, 0.2) is 29.3 Å². The Kier molecular flexibility index (Phi) is 30.0. The number of nitrogens with two attached hydrogens (primary N) is 7. The largest absolute Gasteiger partial charge is 0.508 e. The van der Waals surface area contributed by atoms with Crippen molar-refractivity contribution < 1.29 is 58.5 Å². The number of unbranched alkanes of at least 4 members (excludes halogenated alkanes) is 2. The van der Waals surface area contributed by atoms with Crippen molar-refractivity contribution in [1.29, 1.82) is 0 Å². The number of phenols is 1. The molecule has 1 saturated heterocycles. The molecule has 7 amide bonds. The van der Waals surface area contributed by atoms with Gasteiger partial charge in [0.25, 0.3) is 0 Å². The Hall–Kier alpha value is -6.52. The second-order valence-corrected chi connectivity index (χ2v) is 18.6. The quantitative estimate of drug-likeness (QED) is 0.0169. The van der Waals surface area contributed by atoms with Gasteiger partial charge in [-0.15, -0.1) is 0 Å². The number of Topliss-reactive ketones (excluding diaryl/α,β-unsaturated/α-hetero) is 1. The number of ketones is 1. The Bertz CT molecular complexity index is 2040. The summed E-state index contributed by atoms with van der Waals surface area (Å²) in [5.41, 5.74) is 39.7. The molecule has 23 N–H and O–H groups in total. The maximum absolute atomic E-state index is 14.2. The Morgan fingerprint density at radius 1 is 0.720 bits per heavy atom. The van der Waals surface area contributed by atoms with Gasteiger partial charge in [-0.05, 0) is 121 Å². The van der Waals surface area contributed by atoms with Crippen LogP contribution in [-0.2, 0) is 49.6 Å². The predicted octanol–water partition coefficient (Wildman–Crippen LogP) is -4.77. The molecule has 27 nitrogen and oxygen atoms in total. The zero-order valence-electron chi connectivity index (χ0n) is 43.0. The molecule has 0 bridgehead atoms. The molecule has 75 heavy (non-hydrogen) atoms. The van der Waals surface area contributed by atoms with Gasteiger partial charge in [-0.25, -0.2) is 0 Å². The Labute approximate surface area is 437 Å². The molecule has 0 aliphatic carbocycles. The summed E-state index contributed by atoms with van der Waals surface area (Å²) in [5, 5.41) is 45.4. The first-order chi connectivity index (χ1) is 35.7. The highest BCUT2D eigenvalue weighted by atomic mass is 16.4. The first kappa shape index (κ1) is 64.6. The number of carbonyl (C=O) groups excluding carboxylic acids is 8. The van der Waals surface area contributed by atoms with Crippen LogP contribution >= 0.6 is 0 Å². The van der Waals surface area contributed by atoms with Crippen LogP contribution in [0.1, 0.15) is 102 Å². The topological polar surface area (TPSA) is 484 Å². The summed E-state index contributed by atoms with van der Waals surface area (Å²) in [6.07, 6.45) is 2.24. The number of aromatic hydroxyl groups is 1. The summed E-state index contributed by atoms with van der Waals surface area (Å²) in [4.78, 5) is 126. The standard InChI is InChI=1S/C48H83N15O12/c1-28(58-45(72)40(38(66)26-52)62-42(69)32(53)10-2-4-20-49)41(68)57-27-39(67)59-34(12-6-22-51)46(73)63-24-8-13-36(63)44(71)61-35(25-29-14-17-31(64)18-15-29)43(70)60-33(11-3-5-21-50)37(65)19-16-30(47(74)75)9-7-23-56-48(54)55/h14-15,17-18,28,30,32-36,38,40,64,66H,2-13,16,19-27,49-53H2,1H3,(H,57,68)(H,58,72)(H,59,67)(H,60,70)(H,61,71)(H,62,69)(H,74,75)(H4,54,55,56)/t28-,30?,32-,33-,34+,35?,36-,38-,40-/m0/s1. The molecule has 2 unspecified atom stereocenters. The fourth-order valence-electron chi connectivity index (χ4n) is 8.24. The van der Waals surface area contributed by atoms with E-state index in [-0.39, 0.29) is 89.1 Å². The predicted molar refractivity (Wildman–Crippen MR) is 277 cm³/mol. The highest BCUT2D eigenvalue weighted by Crippen LogP contribution is 2.22. The van der Waals surface area contributed by atoms with E-state index < -0.39 is 121 Å². The van der Waals surface area contributed by atoms with Gasteiger partial charge in [0, 0.05) is 32.5 Å². The number of guanidine groups is 1. The lowest BCUT2D eigenvalue weighted by molar-refractivity contribution is -0.143. The van der Waals surface area contributed by atoms with E-state index in [4.69, 9.17) is 40.1 Å². The number of aliphatic carboxylic acids is 1. The van der Waals surface area contributed by atoms with Crippen molar-refractivity contribution in [2.45, 2.75) is 152 Å². The average molecular weight is 1060 g/mol. The molecule has 1 heterocycles.